The number of nitrogens with one attached hydrogen (secondary N) is 1. The van der Waals surface area contributed by atoms with Gasteiger partial charge in [-0.15, -0.1) is 0 Å². The fraction of sp³-hybridized carbons (Fsp3) is 0.571. The summed E-state index contributed by atoms with van der Waals surface area (Å²) in [7, 11) is 1.94. The maximum Gasteiger partial charge on any atom is 0.0762 e. The Hall–Kier alpha value is -0.470. The van der Waals surface area contributed by atoms with Gasteiger partial charge in [0.1, 0.15) is 0 Å². The van der Waals surface area contributed by atoms with Crippen LogP contribution in [0, 0.1) is 13.8 Å². The lowest BCUT2D eigenvalue weighted by atomic mass is 9.84. The Kier molecular flexibility index (Phi) is 4.08. The molecule has 0 radical (unpaired) electrons. The quantitative estimate of drug-likeness (QED) is 0.590. The van der Waals surface area contributed by atoms with Gasteiger partial charge in [0.05, 0.1) is 5.37 Å². The Bertz CT molecular complexity index is 354. The standard InChI is InChI=1S/C14H23NS/c1-9-7-11(14(3,4)5)8-10(2)12(9)13(16)15-6/h7-8,13,15-16H,1-6H3. The molecule has 1 atom stereocenters. The van der Waals surface area contributed by atoms with Crippen LogP contribution in [0.1, 0.15) is 48.4 Å². The summed E-state index contributed by atoms with van der Waals surface area (Å²) in [5.74, 6) is 0. The van der Waals surface area contributed by atoms with Crippen LogP contribution in [-0.4, -0.2) is 7.05 Å². The molecular weight excluding hydrogens is 214 g/mol. The Balaban J connectivity index is 3.28. The van der Waals surface area contributed by atoms with Gasteiger partial charge in [0.2, 0.25) is 0 Å². The summed E-state index contributed by atoms with van der Waals surface area (Å²) < 4.78 is 0. The van der Waals surface area contributed by atoms with Crippen molar-refractivity contribution in [3.05, 3.63) is 34.4 Å². The van der Waals surface area contributed by atoms with E-state index in [2.05, 4.69) is 64.7 Å². The average molecular weight is 237 g/mol. The molecule has 1 nitrogen and oxygen atoms in total. The topological polar surface area (TPSA) is 12.0 Å². The normalized spacial score (nSPS) is 13.9. The van der Waals surface area contributed by atoms with E-state index >= 15 is 0 Å². The molecule has 0 amide bonds. The van der Waals surface area contributed by atoms with E-state index in [9.17, 15) is 0 Å². The van der Waals surface area contributed by atoms with Crippen LogP contribution >= 0.6 is 12.6 Å². The summed E-state index contributed by atoms with van der Waals surface area (Å²) in [5, 5.41) is 3.30. The predicted octanol–water partition coefficient (Wildman–Crippen LogP) is 3.75. The van der Waals surface area contributed by atoms with Crippen molar-refractivity contribution in [1.29, 1.82) is 0 Å². The molecule has 0 fully saturated rings. The SMILES string of the molecule is CNC(S)c1c(C)cc(C(C)(C)C)cc1C. The molecule has 0 aliphatic rings. The molecule has 0 saturated heterocycles. The van der Waals surface area contributed by atoms with Crippen LogP contribution in [0.4, 0.5) is 0 Å². The van der Waals surface area contributed by atoms with Crippen LogP contribution in [0.25, 0.3) is 0 Å². The third kappa shape index (κ3) is 2.80. The zero-order chi connectivity index (χ0) is 12.5. The lowest BCUT2D eigenvalue weighted by Crippen LogP contribution is -2.16. The molecule has 1 aromatic carbocycles. The minimum atomic E-state index is 0.119. The Morgan fingerprint density at radius 2 is 1.56 bits per heavy atom. The van der Waals surface area contributed by atoms with Crippen molar-refractivity contribution in [1.82, 2.24) is 5.32 Å². The molecule has 1 aromatic rings. The van der Waals surface area contributed by atoms with Crippen LogP contribution in [0.3, 0.4) is 0 Å². The smallest absolute Gasteiger partial charge is 0.0762 e. The van der Waals surface area contributed by atoms with Gasteiger partial charge in [0.15, 0.2) is 0 Å². The second kappa shape index (κ2) is 4.80. The molecule has 2 heteroatoms. The highest BCUT2D eigenvalue weighted by Crippen LogP contribution is 2.30. The largest absolute Gasteiger partial charge is 0.305 e. The monoisotopic (exact) mass is 237 g/mol. The Morgan fingerprint density at radius 3 is 1.88 bits per heavy atom. The van der Waals surface area contributed by atoms with E-state index < -0.39 is 0 Å². The molecule has 0 spiro atoms. The minimum absolute atomic E-state index is 0.119. The van der Waals surface area contributed by atoms with Crippen LogP contribution < -0.4 is 5.32 Å². The van der Waals surface area contributed by atoms with E-state index in [-0.39, 0.29) is 10.8 Å². The predicted molar refractivity (Wildman–Crippen MR) is 75.4 cm³/mol. The first kappa shape index (κ1) is 13.6. The van der Waals surface area contributed by atoms with Gasteiger partial charge in [-0.25, -0.2) is 0 Å². The Morgan fingerprint density at radius 1 is 1.12 bits per heavy atom. The van der Waals surface area contributed by atoms with Gasteiger partial charge in [0, 0.05) is 0 Å². The van der Waals surface area contributed by atoms with E-state index in [1.807, 2.05) is 7.05 Å². The molecule has 1 rings (SSSR count). The molecule has 0 aromatic heterocycles. The summed E-state index contributed by atoms with van der Waals surface area (Å²) >= 11 is 4.55. The fourth-order valence-electron chi connectivity index (χ4n) is 1.98. The summed E-state index contributed by atoms with van der Waals surface area (Å²) in [6, 6.07) is 4.56. The van der Waals surface area contributed by atoms with Crippen LogP contribution in [0.15, 0.2) is 12.1 Å². The van der Waals surface area contributed by atoms with E-state index in [0.717, 1.165) is 0 Å². The molecule has 16 heavy (non-hydrogen) atoms. The maximum atomic E-state index is 4.55. The lowest BCUT2D eigenvalue weighted by Gasteiger charge is -2.24. The van der Waals surface area contributed by atoms with Crippen LogP contribution in [0.5, 0.6) is 0 Å². The number of benzene rings is 1. The second-order valence-electron chi connectivity index (χ2n) is 5.46. The van der Waals surface area contributed by atoms with E-state index in [1.165, 1.54) is 22.3 Å². The fourth-order valence-corrected chi connectivity index (χ4v) is 2.39. The first-order chi connectivity index (χ1) is 7.27. The van der Waals surface area contributed by atoms with Crippen LogP contribution in [-0.2, 0) is 5.41 Å². The summed E-state index contributed by atoms with van der Waals surface area (Å²) in [6.07, 6.45) is 0. The molecule has 0 aliphatic heterocycles. The molecule has 90 valence electrons. The number of thiol groups is 1. The van der Waals surface area contributed by atoms with Gasteiger partial charge < -0.3 is 5.32 Å². The van der Waals surface area contributed by atoms with Crippen molar-refractivity contribution in [3.63, 3.8) is 0 Å². The molecule has 1 N–H and O–H groups in total. The molecule has 0 heterocycles. The van der Waals surface area contributed by atoms with E-state index in [4.69, 9.17) is 0 Å². The number of rotatable bonds is 2. The summed E-state index contributed by atoms with van der Waals surface area (Å²) in [6.45, 7) is 11.1. The summed E-state index contributed by atoms with van der Waals surface area (Å²) in [5.41, 5.74) is 5.54. The van der Waals surface area contributed by atoms with Crippen molar-refractivity contribution in [2.45, 2.75) is 45.4 Å². The van der Waals surface area contributed by atoms with Gasteiger partial charge in [-0.05, 0) is 48.6 Å². The van der Waals surface area contributed by atoms with Crippen molar-refractivity contribution < 1.29 is 0 Å². The van der Waals surface area contributed by atoms with Crippen molar-refractivity contribution >= 4 is 12.6 Å². The highest BCUT2D eigenvalue weighted by atomic mass is 32.1. The average Bonchev–Trinajstić information content (AvgIpc) is 2.14. The van der Waals surface area contributed by atoms with Gasteiger partial charge >= 0.3 is 0 Å². The Labute approximate surface area is 105 Å². The molecule has 1 unspecified atom stereocenters. The number of aryl methyl sites for hydroxylation is 2. The lowest BCUT2D eigenvalue weighted by molar-refractivity contribution is 0.588. The third-order valence-electron chi connectivity index (χ3n) is 3.01. The number of hydrogen-bond donors (Lipinski definition) is 2. The highest BCUT2D eigenvalue weighted by molar-refractivity contribution is 7.80. The zero-order valence-electron chi connectivity index (χ0n) is 11.2. The zero-order valence-corrected chi connectivity index (χ0v) is 12.1. The van der Waals surface area contributed by atoms with Gasteiger partial charge in [0.25, 0.3) is 0 Å². The second-order valence-corrected chi connectivity index (χ2v) is 5.98. The van der Waals surface area contributed by atoms with Crippen molar-refractivity contribution in [2.24, 2.45) is 0 Å². The van der Waals surface area contributed by atoms with Crippen LogP contribution in [0.2, 0.25) is 0 Å². The maximum absolute atomic E-state index is 4.55. The molecule has 0 aliphatic carbocycles. The minimum Gasteiger partial charge on any atom is -0.305 e. The van der Waals surface area contributed by atoms with Gasteiger partial charge in [-0.3, -0.25) is 0 Å². The van der Waals surface area contributed by atoms with Crippen molar-refractivity contribution in [3.8, 4) is 0 Å². The van der Waals surface area contributed by atoms with E-state index in [1.54, 1.807) is 0 Å². The molecule has 0 bridgehead atoms. The molecule has 0 saturated carbocycles. The first-order valence-electron chi connectivity index (χ1n) is 5.74. The number of hydrogen-bond acceptors (Lipinski definition) is 2. The third-order valence-corrected chi connectivity index (χ3v) is 3.52. The van der Waals surface area contributed by atoms with E-state index in [0.29, 0.717) is 0 Å². The van der Waals surface area contributed by atoms with Gasteiger partial charge in [-0.2, -0.15) is 12.6 Å². The van der Waals surface area contributed by atoms with Gasteiger partial charge in [-0.1, -0.05) is 32.9 Å². The molecular formula is C14H23NS. The summed E-state index contributed by atoms with van der Waals surface area (Å²) in [4.78, 5) is 0. The van der Waals surface area contributed by atoms with Crippen molar-refractivity contribution in [2.75, 3.05) is 7.05 Å². The first-order valence-corrected chi connectivity index (χ1v) is 6.26. The highest BCUT2D eigenvalue weighted by Gasteiger charge is 2.18.